The smallest absolute Gasteiger partial charge is 0.338 e. The Hall–Kier alpha value is -3.08. The minimum atomic E-state index is -0.384. The summed E-state index contributed by atoms with van der Waals surface area (Å²) in [5, 5.41) is 2.74. The molecule has 2 aromatic rings. The monoisotopic (exact) mass is 322 g/mol. The molecule has 0 saturated carbocycles. The van der Waals surface area contributed by atoms with E-state index >= 15 is 0 Å². The van der Waals surface area contributed by atoms with Gasteiger partial charge >= 0.3 is 12.0 Å². The number of benzene rings is 2. The fourth-order valence-electron chi connectivity index (χ4n) is 2.45. The van der Waals surface area contributed by atoms with Crippen molar-refractivity contribution in [1.29, 1.82) is 0 Å². The molecule has 1 saturated heterocycles. The lowest BCUT2D eigenvalue weighted by Gasteiger charge is -2.14. The van der Waals surface area contributed by atoms with E-state index in [9.17, 15) is 9.59 Å². The number of carbonyl (C=O) groups is 2. The molecule has 5 heteroatoms. The first-order valence-corrected chi connectivity index (χ1v) is 7.78. The van der Waals surface area contributed by atoms with Crippen LogP contribution in [0.1, 0.15) is 15.9 Å². The van der Waals surface area contributed by atoms with Gasteiger partial charge in [0.2, 0.25) is 0 Å². The quantitative estimate of drug-likeness (QED) is 0.861. The van der Waals surface area contributed by atoms with Crippen LogP contribution in [-0.4, -0.2) is 31.7 Å². The summed E-state index contributed by atoms with van der Waals surface area (Å²) in [7, 11) is 0. The molecule has 0 atom stereocenters. The van der Waals surface area contributed by atoms with E-state index in [0.717, 1.165) is 11.3 Å². The molecule has 3 rings (SSSR count). The van der Waals surface area contributed by atoms with Gasteiger partial charge in [0.15, 0.2) is 0 Å². The predicted molar refractivity (Wildman–Crippen MR) is 92.9 cm³/mol. The Kier molecular flexibility index (Phi) is 4.91. The van der Waals surface area contributed by atoms with Crippen LogP contribution in [0, 0.1) is 0 Å². The summed E-state index contributed by atoms with van der Waals surface area (Å²) in [5.41, 5.74) is 2.29. The second-order valence-corrected chi connectivity index (χ2v) is 5.34. The Bertz CT molecular complexity index is 739. The van der Waals surface area contributed by atoms with Crippen LogP contribution in [0.2, 0.25) is 0 Å². The molecule has 2 aromatic carbocycles. The summed E-state index contributed by atoms with van der Waals surface area (Å²) >= 11 is 0. The van der Waals surface area contributed by atoms with E-state index in [0.29, 0.717) is 18.7 Å². The summed E-state index contributed by atoms with van der Waals surface area (Å²) < 4.78 is 5.22. The third-order valence-corrected chi connectivity index (χ3v) is 3.69. The number of nitrogens with zero attached hydrogens (tertiary/aromatic N) is 1. The molecule has 0 aromatic heterocycles. The van der Waals surface area contributed by atoms with E-state index in [1.54, 1.807) is 35.2 Å². The largest absolute Gasteiger partial charge is 0.458 e. The van der Waals surface area contributed by atoms with E-state index in [1.165, 1.54) is 0 Å². The third-order valence-electron chi connectivity index (χ3n) is 3.69. The lowest BCUT2D eigenvalue weighted by molar-refractivity contribution is 0.0550. The molecular weight excluding hydrogens is 304 g/mol. The molecule has 0 spiro atoms. The van der Waals surface area contributed by atoms with Crippen LogP contribution in [0.15, 0.2) is 60.7 Å². The maximum atomic E-state index is 12.0. The van der Waals surface area contributed by atoms with Gasteiger partial charge < -0.3 is 10.1 Å². The van der Waals surface area contributed by atoms with Crippen molar-refractivity contribution in [3.05, 3.63) is 71.8 Å². The van der Waals surface area contributed by atoms with Crippen LogP contribution in [0.3, 0.4) is 0 Å². The zero-order valence-corrected chi connectivity index (χ0v) is 13.1. The zero-order valence-electron chi connectivity index (χ0n) is 13.1. The van der Waals surface area contributed by atoms with E-state index in [4.69, 9.17) is 4.74 Å². The van der Waals surface area contributed by atoms with Gasteiger partial charge in [0.05, 0.1) is 5.56 Å². The molecule has 1 N–H and O–H groups in total. The minimum Gasteiger partial charge on any atom is -0.458 e. The minimum absolute atomic E-state index is 0.114. The maximum absolute atomic E-state index is 12.0. The number of rotatable bonds is 5. The van der Waals surface area contributed by atoms with Gasteiger partial charge in [-0.1, -0.05) is 36.4 Å². The van der Waals surface area contributed by atoms with Crippen molar-refractivity contribution in [2.45, 2.75) is 0 Å². The normalized spacial score (nSPS) is 14.0. The fourth-order valence-corrected chi connectivity index (χ4v) is 2.45. The molecule has 0 unspecified atom stereocenters. The van der Waals surface area contributed by atoms with Gasteiger partial charge in [-0.15, -0.1) is 0 Å². The molecule has 1 aliphatic rings. The van der Waals surface area contributed by atoms with Crippen molar-refractivity contribution in [3.8, 4) is 0 Å². The molecule has 0 radical (unpaired) electrons. The van der Waals surface area contributed by atoms with Gasteiger partial charge in [-0.25, -0.2) is 9.59 Å². The highest BCUT2D eigenvalue weighted by Gasteiger charge is 2.21. The van der Waals surface area contributed by atoms with Gasteiger partial charge in [-0.2, -0.15) is 0 Å². The third kappa shape index (κ3) is 3.81. The number of urea groups is 1. The Morgan fingerprint density at radius 2 is 1.88 bits per heavy atom. The molecule has 5 nitrogen and oxygen atoms in total. The SMILES string of the molecule is O=C(OC/C=C/c1ccccc1)c1ccc(N2CCNC2=O)cc1. The van der Waals surface area contributed by atoms with E-state index in [-0.39, 0.29) is 18.6 Å². The summed E-state index contributed by atoms with van der Waals surface area (Å²) in [6.45, 7) is 1.48. The summed E-state index contributed by atoms with van der Waals surface area (Å²) in [4.78, 5) is 25.2. The van der Waals surface area contributed by atoms with Crippen molar-refractivity contribution < 1.29 is 14.3 Å². The standard InChI is InChI=1S/C19H18N2O3/c22-18(24-14-4-7-15-5-2-1-3-6-15)16-8-10-17(11-9-16)21-13-12-20-19(21)23/h1-11H,12-14H2,(H,20,23)/b7-4+. The van der Waals surface area contributed by atoms with Crippen LogP contribution >= 0.6 is 0 Å². The highest BCUT2D eigenvalue weighted by Crippen LogP contribution is 2.17. The highest BCUT2D eigenvalue weighted by atomic mass is 16.5. The fraction of sp³-hybridized carbons (Fsp3) is 0.158. The van der Waals surface area contributed by atoms with Gasteiger partial charge in [-0.05, 0) is 35.9 Å². The number of anilines is 1. The first kappa shape index (κ1) is 15.8. The molecule has 1 fully saturated rings. The predicted octanol–water partition coefficient (Wildman–Crippen LogP) is 3.09. The molecule has 0 aliphatic carbocycles. The Balaban J connectivity index is 1.53. The van der Waals surface area contributed by atoms with Crippen molar-refractivity contribution in [1.82, 2.24) is 5.32 Å². The molecule has 122 valence electrons. The number of nitrogens with one attached hydrogen (secondary N) is 1. The lowest BCUT2D eigenvalue weighted by Crippen LogP contribution is -2.27. The first-order valence-electron chi connectivity index (χ1n) is 7.78. The summed E-state index contributed by atoms with van der Waals surface area (Å²) in [6.07, 6.45) is 3.71. The zero-order chi connectivity index (χ0) is 16.8. The van der Waals surface area contributed by atoms with Crippen LogP contribution in [-0.2, 0) is 4.74 Å². The molecule has 1 heterocycles. The molecule has 2 amide bonds. The number of hydrogen-bond acceptors (Lipinski definition) is 3. The Labute approximate surface area is 140 Å². The number of esters is 1. The van der Waals surface area contributed by atoms with Crippen LogP contribution in [0.4, 0.5) is 10.5 Å². The van der Waals surface area contributed by atoms with Crippen LogP contribution in [0.5, 0.6) is 0 Å². The Morgan fingerprint density at radius 3 is 2.54 bits per heavy atom. The van der Waals surface area contributed by atoms with E-state index < -0.39 is 0 Å². The van der Waals surface area contributed by atoms with Crippen molar-refractivity contribution >= 4 is 23.8 Å². The van der Waals surface area contributed by atoms with Gasteiger partial charge in [0.1, 0.15) is 6.61 Å². The summed E-state index contributed by atoms with van der Waals surface area (Å²) in [6, 6.07) is 16.5. The van der Waals surface area contributed by atoms with Crippen LogP contribution in [0.25, 0.3) is 6.08 Å². The average molecular weight is 322 g/mol. The van der Waals surface area contributed by atoms with E-state index in [1.807, 2.05) is 36.4 Å². The number of carbonyl (C=O) groups excluding carboxylic acids is 2. The first-order chi connectivity index (χ1) is 11.7. The molecule has 0 bridgehead atoms. The molecule has 1 aliphatic heterocycles. The second kappa shape index (κ2) is 7.46. The van der Waals surface area contributed by atoms with Crippen molar-refractivity contribution in [2.24, 2.45) is 0 Å². The van der Waals surface area contributed by atoms with Crippen molar-refractivity contribution in [2.75, 3.05) is 24.6 Å². The van der Waals surface area contributed by atoms with Gasteiger partial charge in [-0.3, -0.25) is 4.90 Å². The number of amides is 2. The summed E-state index contributed by atoms with van der Waals surface area (Å²) in [5.74, 6) is -0.384. The second-order valence-electron chi connectivity index (χ2n) is 5.34. The Morgan fingerprint density at radius 1 is 1.12 bits per heavy atom. The highest BCUT2D eigenvalue weighted by molar-refractivity contribution is 5.95. The average Bonchev–Trinajstić information content (AvgIpc) is 3.05. The van der Waals surface area contributed by atoms with E-state index in [2.05, 4.69) is 5.32 Å². The van der Waals surface area contributed by atoms with Gasteiger partial charge in [0.25, 0.3) is 0 Å². The number of hydrogen-bond donors (Lipinski definition) is 1. The molecule has 24 heavy (non-hydrogen) atoms. The van der Waals surface area contributed by atoms with Gasteiger partial charge in [0, 0.05) is 18.8 Å². The van der Waals surface area contributed by atoms with Crippen molar-refractivity contribution in [3.63, 3.8) is 0 Å². The molecular formula is C19H18N2O3. The number of ether oxygens (including phenoxy) is 1. The van der Waals surface area contributed by atoms with Crippen LogP contribution < -0.4 is 10.2 Å². The maximum Gasteiger partial charge on any atom is 0.338 e. The topological polar surface area (TPSA) is 58.6 Å². The lowest BCUT2D eigenvalue weighted by atomic mass is 10.2.